The van der Waals surface area contributed by atoms with Crippen LogP contribution < -0.4 is 0 Å². The Morgan fingerprint density at radius 2 is 0.931 bits per heavy atom. The summed E-state index contributed by atoms with van der Waals surface area (Å²) >= 11 is 0. The second-order valence-corrected chi connectivity index (χ2v) is 8.00. The Balaban J connectivity index is 0. The molecule has 0 saturated carbocycles. The first-order chi connectivity index (χ1) is 14.2. The van der Waals surface area contributed by atoms with Gasteiger partial charge in [0, 0.05) is 19.8 Å². The van der Waals surface area contributed by atoms with E-state index in [4.69, 9.17) is 19.7 Å². The molecule has 1 atom stereocenters. The van der Waals surface area contributed by atoms with Crippen LogP contribution in [0.4, 0.5) is 0 Å². The molecule has 0 aliphatic heterocycles. The molecule has 0 aromatic heterocycles. The summed E-state index contributed by atoms with van der Waals surface area (Å²) < 4.78 is 10.1. The molecule has 0 aliphatic rings. The van der Waals surface area contributed by atoms with Crippen molar-refractivity contribution in [3.05, 3.63) is 0 Å². The van der Waals surface area contributed by atoms with E-state index in [1.54, 1.807) is 0 Å². The molecule has 0 heterocycles. The molecule has 0 aromatic carbocycles. The summed E-state index contributed by atoms with van der Waals surface area (Å²) in [5.41, 5.74) is 0. The van der Waals surface area contributed by atoms with Gasteiger partial charge >= 0.3 is 0 Å². The van der Waals surface area contributed by atoms with Crippen LogP contribution in [0.2, 0.25) is 0 Å². The molecule has 0 aliphatic carbocycles. The fraction of sp³-hybridized carbons (Fsp3) is 1.00. The standard InChI is InChI=1S/C21H44O3.C4H10O/c1-2-3-4-5-6-7-8-9-10-11-12-13-14-15-16-17-18-24-20-21(23)19-22;1-3-5-4-2/h21-23H,2-20H2,1H3;3-4H2,1-2H3. The van der Waals surface area contributed by atoms with E-state index >= 15 is 0 Å². The van der Waals surface area contributed by atoms with Crippen LogP contribution in [0.15, 0.2) is 0 Å². The third kappa shape index (κ3) is 32.7. The van der Waals surface area contributed by atoms with Crippen molar-refractivity contribution in [2.75, 3.05) is 33.0 Å². The molecule has 0 fully saturated rings. The number of ether oxygens (including phenoxy) is 2. The second-order valence-electron chi connectivity index (χ2n) is 8.00. The first kappa shape index (κ1) is 31.0. The van der Waals surface area contributed by atoms with Crippen molar-refractivity contribution in [1.82, 2.24) is 0 Å². The largest absolute Gasteiger partial charge is 0.394 e. The minimum absolute atomic E-state index is 0.209. The Labute approximate surface area is 182 Å². The topological polar surface area (TPSA) is 58.9 Å². The number of rotatable bonds is 22. The lowest BCUT2D eigenvalue weighted by Gasteiger charge is -2.08. The van der Waals surface area contributed by atoms with Crippen LogP contribution in [0.1, 0.15) is 124 Å². The Morgan fingerprint density at radius 3 is 1.24 bits per heavy atom. The summed E-state index contributed by atoms with van der Waals surface area (Å²) in [4.78, 5) is 0. The van der Waals surface area contributed by atoms with Gasteiger partial charge in [0.05, 0.1) is 13.2 Å². The van der Waals surface area contributed by atoms with Crippen molar-refractivity contribution in [1.29, 1.82) is 0 Å². The van der Waals surface area contributed by atoms with Gasteiger partial charge in [0.1, 0.15) is 6.10 Å². The predicted octanol–water partition coefficient (Wildman–Crippen LogP) is 6.66. The molecule has 4 nitrogen and oxygen atoms in total. The summed E-state index contributed by atoms with van der Waals surface area (Å²) in [5, 5.41) is 17.8. The third-order valence-corrected chi connectivity index (χ3v) is 5.07. The summed E-state index contributed by atoms with van der Waals surface area (Å²) in [7, 11) is 0. The monoisotopic (exact) mass is 418 g/mol. The van der Waals surface area contributed by atoms with Crippen LogP contribution in [-0.2, 0) is 9.47 Å². The van der Waals surface area contributed by atoms with Gasteiger partial charge in [-0.15, -0.1) is 0 Å². The summed E-state index contributed by atoms with van der Waals surface area (Å²) in [6.45, 7) is 8.70. The molecular weight excluding hydrogens is 364 g/mol. The molecule has 0 bridgehead atoms. The summed E-state index contributed by atoms with van der Waals surface area (Å²) in [5.74, 6) is 0. The van der Waals surface area contributed by atoms with Gasteiger partial charge in [0.25, 0.3) is 0 Å². The van der Waals surface area contributed by atoms with Crippen LogP contribution in [0.5, 0.6) is 0 Å². The zero-order chi connectivity index (χ0) is 21.8. The summed E-state index contributed by atoms with van der Waals surface area (Å²) in [6.07, 6.45) is 21.2. The maximum absolute atomic E-state index is 9.12. The van der Waals surface area contributed by atoms with Gasteiger partial charge in [0.2, 0.25) is 0 Å². The van der Waals surface area contributed by atoms with E-state index in [1.807, 2.05) is 13.8 Å². The van der Waals surface area contributed by atoms with Gasteiger partial charge in [-0.05, 0) is 20.3 Å². The van der Waals surface area contributed by atoms with E-state index in [9.17, 15) is 0 Å². The molecule has 0 radical (unpaired) electrons. The normalized spacial score (nSPS) is 11.9. The number of hydrogen-bond donors (Lipinski definition) is 2. The lowest BCUT2D eigenvalue weighted by Crippen LogP contribution is -2.19. The van der Waals surface area contributed by atoms with E-state index in [0.717, 1.165) is 19.6 Å². The first-order valence-electron chi connectivity index (χ1n) is 12.7. The third-order valence-electron chi connectivity index (χ3n) is 5.07. The minimum atomic E-state index is -0.717. The zero-order valence-electron chi connectivity index (χ0n) is 20.1. The van der Waals surface area contributed by atoms with Crippen molar-refractivity contribution >= 4 is 0 Å². The smallest absolute Gasteiger partial charge is 0.100 e. The fourth-order valence-electron chi connectivity index (χ4n) is 3.23. The average Bonchev–Trinajstić information content (AvgIpc) is 2.73. The van der Waals surface area contributed by atoms with E-state index in [2.05, 4.69) is 6.92 Å². The molecule has 0 saturated heterocycles. The van der Waals surface area contributed by atoms with Crippen molar-refractivity contribution in [3.8, 4) is 0 Å². The Bertz CT molecular complexity index is 259. The Hall–Kier alpha value is -0.160. The molecule has 4 heteroatoms. The summed E-state index contributed by atoms with van der Waals surface area (Å²) in [6, 6.07) is 0. The molecule has 2 N–H and O–H groups in total. The Kier molecular flexibility index (Phi) is 32.1. The molecule has 178 valence electrons. The highest BCUT2D eigenvalue weighted by atomic mass is 16.5. The maximum Gasteiger partial charge on any atom is 0.100 e. The first-order valence-corrected chi connectivity index (χ1v) is 12.7. The molecule has 1 unspecified atom stereocenters. The molecule has 0 spiro atoms. The number of unbranched alkanes of at least 4 members (excludes halogenated alkanes) is 15. The van der Waals surface area contributed by atoms with Crippen LogP contribution >= 0.6 is 0 Å². The minimum Gasteiger partial charge on any atom is -0.394 e. The molecule has 0 rings (SSSR count). The molecule has 29 heavy (non-hydrogen) atoms. The van der Waals surface area contributed by atoms with Crippen LogP contribution in [0.25, 0.3) is 0 Å². The SMILES string of the molecule is CCCCCCCCCCCCCCCCCCOCC(O)CO.CCOCC. The fourth-order valence-corrected chi connectivity index (χ4v) is 3.23. The number of aliphatic hydroxyl groups is 2. The van der Waals surface area contributed by atoms with E-state index < -0.39 is 6.10 Å². The van der Waals surface area contributed by atoms with Crippen molar-refractivity contribution in [2.45, 2.75) is 130 Å². The molecular formula is C25H54O4. The number of aliphatic hydroxyl groups excluding tert-OH is 2. The highest BCUT2D eigenvalue weighted by Crippen LogP contribution is 2.13. The van der Waals surface area contributed by atoms with Crippen molar-refractivity contribution in [3.63, 3.8) is 0 Å². The highest BCUT2D eigenvalue weighted by molar-refractivity contribution is 4.51. The van der Waals surface area contributed by atoms with Gasteiger partial charge in [-0.25, -0.2) is 0 Å². The van der Waals surface area contributed by atoms with E-state index in [1.165, 1.54) is 96.3 Å². The maximum atomic E-state index is 9.12. The molecule has 0 amide bonds. The van der Waals surface area contributed by atoms with Crippen LogP contribution in [0.3, 0.4) is 0 Å². The van der Waals surface area contributed by atoms with E-state index in [0.29, 0.717) is 6.61 Å². The van der Waals surface area contributed by atoms with Gasteiger partial charge in [-0.3, -0.25) is 0 Å². The zero-order valence-corrected chi connectivity index (χ0v) is 20.1. The average molecular weight is 419 g/mol. The van der Waals surface area contributed by atoms with Gasteiger partial charge in [-0.1, -0.05) is 103 Å². The van der Waals surface area contributed by atoms with Gasteiger partial charge in [0.15, 0.2) is 0 Å². The lowest BCUT2D eigenvalue weighted by atomic mass is 10.0. The van der Waals surface area contributed by atoms with Crippen LogP contribution in [-0.4, -0.2) is 49.4 Å². The lowest BCUT2D eigenvalue weighted by molar-refractivity contribution is 0.00526. The Morgan fingerprint density at radius 1 is 0.552 bits per heavy atom. The quantitative estimate of drug-likeness (QED) is 0.193. The van der Waals surface area contributed by atoms with Crippen molar-refractivity contribution in [2.24, 2.45) is 0 Å². The van der Waals surface area contributed by atoms with E-state index in [-0.39, 0.29) is 13.2 Å². The number of hydrogen-bond acceptors (Lipinski definition) is 4. The predicted molar refractivity (Wildman–Crippen MR) is 126 cm³/mol. The van der Waals surface area contributed by atoms with Gasteiger partial charge in [-0.2, -0.15) is 0 Å². The van der Waals surface area contributed by atoms with Gasteiger partial charge < -0.3 is 19.7 Å². The van der Waals surface area contributed by atoms with Crippen LogP contribution in [0, 0.1) is 0 Å². The molecule has 0 aromatic rings. The second kappa shape index (κ2) is 30.0. The van der Waals surface area contributed by atoms with Crippen molar-refractivity contribution < 1.29 is 19.7 Å². The highest BCUT2D eigenvalue weighted by Gasteiger charge is 2.00.